The van der Waals surface area contributed by atoms with Crippen LogP contribution in [-0.4, -0.2) is 21.3 Å². The molecule has 14 heavy (non-hydrogen) atoms. The molecule has 0 amide bonds. The zero-order chi connectivity index (χ0) is 9.97. The van der Waals surface area contributed by atoms with Gasteiger partial charge in [0.25, 0.3) is 0 Å². The number of nitro groups is 1. The third-order valence-corrected chi connectivity index (χ3v) is 2.25. The Morgan fingerprint density at radius 1 is 1.64 bits per heavy atom. The normalized spacial score (nSPS) is 22.1. The largest absolute Gasteiger partial charge is 0.357 e. The molecule has 0 radical (unpaired) electrons. The molecule has 1 atom stereocenters. The van der Waals surface area contributed by atoms with Gasteiger partial charge in [-0.15, -0.1) is 0 Å². The molecule has 0 N–H and O–H groups in total. The average molecular weight is 197 g/mol. The number of aromatic nitrogens is 2. The second kappa shape index (κ2) is 3.75. The van der Waals surface area contributed by atoms with Gasteiger partial charge in [0.2, 0.25) is 0 Å². The SMILES string of the molecule is O=[N+]([O-])c1cnn(C2CCCCO2)c1. The predicted molar refractivity (Wildman–Crippen MR) is 47.7 cm³/mol. The summed E-state index contributed by atoms with van der Waals surface area (Å²) < 4.78 is 6.96. The topological polar surface area (TPSA) is 70.2 Å². The Balaban J connectivity index is 2.11. The van der Waals surface area contributed by atoms with E-state index in [1.165, 1.54) is 17.1 Å². The van der Waals surface area contributed by atoms with Crippen molar-refractivity contribution in [3.05, 3.63) is 22.5 Å². The summed E-state index contributed by atoms with van der Waals surface area (Å²) in [6, 6.07) is 0. The number of hydrogen-bond acceptors (Lipinski definition) is 4. The van der Waals surface area contributed by atoms with Gasteiger partial charge in [-0.25, -0.2) is 4.68 Å². The van der Waals surface area contributed by atoms with Crippen LogP contribution in [0.2, 0.25) is 0 Å². The van der Waals surface area contributed by atoms with E-state index in [4.69, 9.17) is 4.74 Å². The molecule has 1 unspecified atom stereocenters. The number of nitrogens with zero attached hydrogens (tertiary/aromatic N) is 3. The van der Waals surface area contributed by atoms with Gasteiger partial charge in [0.15, 0.2) is 0 Å². The molecule has 2 rings (SSSR count). The lowest BCUT2D eigenvalue weighted by Crippen LogP contribution is -2.18. The van der Waals surface area contributed by atoms with Crippen molar-refractivity contribution >= 4 is 5.69 Å². The van der Waals surface area contributed by atoms with Crippen LogP contribution in [0, 0.1) is 10.1 Å². The zero-order valence-electron chi connectivity index (χ0n) is 7.63. The summed E-state index contributed by atoms with van der Waals surface area (Å²) in [5.74, 6) is 0. The first kappa shape index (κ1) is 9.14. The molecule has 0 aliphatic carbocycles. The molecule has 6 heteroatoms. The minimum Gasteiger partial charge on any atom is -0.357 e. The van der Waals surface area contributed by atoms with E-state index in [0.717, 1.165) is 19.3 Å². The first-order valence-electron chi connectivity index (χ1n) is 4.57. The van der Waals surface area contributed by atoms with Crippen molar-refractivity contribution in [2.45, 2.75) is 25.5 Å². The molecular formula is C8H11N3O3. The molecule has 0 aromatic carbocycles. The van der Waals surface area contributed by atoms with Crippen LogP contribution in [0.25, 0.3) is 0 Å². The summed E-state index contributed by atoms with van der Waals surface area (Å²) in [4.78, 5) is 9.96. The van der Waals surface area contributed by atoms with E-state index < -0.39 is 4.92 Å². The van der Waals surface area contributed by atoms with Crippen molar-refractivity contribution < 1.29 is 9.66 Å². The van der Waals surface area contributed by atoms with Crippen molar-refractivity contribution in [3.8, 4) is 0 Å². The highest BCUT2D eigenvalue weighted by molar-refractivity contribution is 5.20. The summed E-state index contributed by atoms with van der Waals surface area (Å²) in [5.41, 5.74) is 0.0131. The highest BCUT2D eigenvalue weighted by Crippen LogP contribution is 2.23. The van der Waals surface area contributed by atoms with Crippen molar-refractivity contribution in [1.29, 1.82) is 0 Å². The lowest BCUT2D eigenvalue weighted by molar-refractivity contribution is -0.385. The Labute approximate surface area is 80.6 Å². The summed E-state index contributed by atoms with van der Waals surface area (Å²) in [6.45, 7) is 0.707. The van der Waals surface area contributed by atoms with Crippen molar-refractivity contribution in [2.24, 2.45) is 0 Å². The van der Waals surface area contributed by atoms with Crippen molar-refractivity contribution in [2.75, 3.05) is 6.61 Å². The van der Waals surface area contributed by atoms with E-state index in [1.807, 2.05) is 0 Å². The van der Waals surface area contributed by atoms with Gasteiger partial charge in [0, 0.05) is 6.61 Å². The van der Waals surface area contributed by atoms with Gasteiger partial charge in [0.05, 0.1) is 4.92 Å². The summed E-state index contributed by atoms with van der Waals surface area (Å²) in [5, 5.41) is 14.3. The minimum atomic E-state index is -0.452. The highest BCUT2D eigenvalue weighted by Gasteiger charge is 2.18. The fraction of sp³-hybridized carbons (Fsp3) is 0.625. The minimum absolute atomic E-state index is 0.0131. The molecule has 6 nitrogen and oxygen atoms in total. The predicted octanol–water partition coefficient (Wildman–Crippen LogP) is 1.49. The summed E-state index contributed by atoms with van der Waals surface area (Å²) in [6.07, 6.45) is 5.54. The fourth-order valence-corrected chi connectivity index (χ4v) is 1.51. The van der Waals surface area contributed by atoms with Gasteiger partial charge in [-0.2, -0.15) is 5.10 Å². The van der Waals surface area contributed by atoms with Crippen LogP contribution in [0.15, 0.2) is 12.4 Å². The van der Waals surface area contributed by atoms with Gasteiger partial charge < -0.3 is 4.74 Å². The third kappa shape index (κ3) is 1.74. The lowest BCUT2D eigenvalue weighted by atomic mass is 10.2. The van der Waals surface area contributed by atoms with Gasteiger partial charge in [-0.3, -0.25) is 10.1 Å². The van der Waals surface area contributed by atoms with E-state index in [1.54, 1.807) is 0 Å². The Morgan fingerprint density at radius 2 is 2.50 bits per heavy atom. The van der Waals surface area contributed by atoms with E-state index in [0.29, 0.717) is 6.61 Å². The molecule has 1 saturated heterocycles. The third-order valence-electron chi connectivity index (χ3n) is 2.25. The van der Waals surface area contributed by atoms with Gasteiger partial charge >= 0.3 is 5.69 Å². The first-order chi connectivity index (χ1) is 6.77. The molecule has 1 fully saturated rings. The van der Waals surface area contributed by atoms with Gasteiger partial charge in [-0.05, 0) is 19.3 Å². The van der Waals surface area contributed by atoms with E-state index >= 15 is 0 Å². The fourth-order valence-electron chi connectivity index (χ4n) is 1.51. The maximum atomic E-state index is 10.4. The molecule has 2 heterocycles. The monoisotopic (exact) mass is 197 g/mol. The molecule has 76 valence electrons. The maximum Gasteiger partial charge on any atom is 0.307 e. The molecule has 1 aliphatic heterocycles. The Morgan fingerprint density at radius 3 is 3.07 bits per heavy atom. The molecule has 1 aromatic rings. The molecule has 1 aliphatic rings. The van der Waals surface area contributed by atoms with Crippen LogP contribution in [0.5, 0.6) is 0 Å². The zero-order valence-corrected chi connectivity index (χ0v) is 7.63. The maximum absolute atomic E-state index is 10.4. The quantitative estimate of drug-likeness (QED) is 0.532. The van der Waals surface area contributed by atoms with Crippen LogP contribution in [0.3, 0.4) is 0 Å². The molecule has 0 saturated carbocycles. The van der Waals surface area contributed by atoms with Crippen molar-refractivity contribution in [1.82, 2.24) is 9.78 Å². The Kier molecular flexibility index (Phi) is 2.45. The molecule has 0 spiro atoms. The van der Waals surface area contributed by atoms with Crippen LogP contribution >= 0.6 is 0 Å². The Hall–Kier alpha value is -1.43. The average Bonchev–Trinajstić information content (AvgIpc) is 2.68. The molecule has 0 bridgehead atoms. The van der Waals surface area contributed by atoms with Crippen LogP contribution in [0.4, 0.5) is 5.69 Å². The van der Waals surface area contributed by atoms with Crippen molar-refractivity contribution in [3.63, 3.8) is 0 Å². The van der Waals surface area contributed by atoms with Gasteiger partial charge in [0.1, 0.15) is 18.6 Å². The van der Waals surface area contributed by atoms with Crippen LogP contribution in [0.1, 0.15) is 25.5 Å². The van der Waals surface area contributed by atoms with Crippen LogP contribution < -0.4 is 0 Å². The standard InChI is InChI=1S/C8H11N3O3/c12-11(13)7-5-9-10(6-7)8-3-1-2-4-14-8/h5-6,8H,1-4H2. The second-order valence-electron chi connectivity index (χ2n) is 3.26. The first-order valence-corrected chi connectivity index (χ1v) is 4.57. The highest BCUT2D eigenvalue weighted by atomic mass is 16.6. The summed E-state index contributed by atoms with van der Waals surface area (Å²) >= 11 is 0. The van der Waals surface area contributed by atoms with E-state index in [2.05, 4.69) is 5.10 Å². The van der Waals surface area contributed by atoms with Crippen LogP contribution in [-0.2, 0) is 4.74 Å². The Bertz CT molecular complexity index is 330. The lowest BCUT2D eigenvalue weighted by Gasteiger charge is -2.22. The van der Waals surface area contributed by atoms with E-state index in [-0.39, 0.29) is 11.9 Å². The smallest absolute Gasteiger partial charge is 0.307 e. The second-order valence-corrected chi connectivity index (χ2v) is 3.26. The van der Waals surface area contributed by atoms with E-state index in [9.17, 15) is 10.1 Å². The number of ether oxygens (including phenoxy) is 1. The number of hydrogen-bond donors (Lipinski definition) is 0. The molecular weight excluding hydrogens is 186 g/mol. The molecule has 1 aromatic heterocycles. The summed E-state index contributed by atoms with van der Waals surface area (Å²) in [7, 11) is 0. The number of rotatable bonds is 2. The van der Waals surface area contributed by atoms with Gasteiger partial charge in [-0.1, -0.05) is 0 Å².